The monoisotopic (exact) mass is 554 g/mol. The molecule has 0 saturated heterocycles. The summed E-state index contributed by atoms with van der Waals surface area (Å²) in [5.41, 5.74) is 8.53. The van der Waals surface area contributed by atoms with Gasteiger partial charge in [-0.25, -0.2) is 13.6 Å². The number of nitrogens with two attached hydrogens (primary N) is 1. The first-order valence-electron chi connectivity index (χ1n) is 12.6. The van der Waals surface area contributed by atoms with Crippen LogP contribution in [0, 0.1) is 23.0 Å². The van der Waals surface area contributed by atoms with Crippen molar-refractivity contribution in [2.45, 2.75) is 25.6 Å². The molecule has 0 fully saturated rings. The zero-order valence-electron chi connectivity index (χ0n) is 21.8. The maximum Gasteiger partial charge on any atom is 0.352 e. The number of nitriles is 1. The Kier molecular flexibility index (Phi) is 7.83. The number of carbonyl (C=O) groups excluding carboxylic acids is 1. The number of nitrogens with zero attached hydrogens (tertiary/aromatic N) is 1. The van der Waals surface area contributed by atoms with E-state index in [2.05, 4.69) is 6.07 Å². The lowest BCUT2D eigenvalue weighted by Gasteiger charge is -2.27. The number of ether oxygens (including phenoxy) is 4. The highest BCUT2D eigenvalue weighted by Crippen LogP contribution is 2.44. The van der Waals surface area contributed by atoms with Gasteiger partial charge < -0.3 is 24.7 Å². The van der Waals surface area contributed by atoms with Gasteiger partial charge in [0.15, 0.2) is 6.10 Å². The van der Waals surface area contributed by atoms with Gasteiger partial charge in [0.1, 0.15) is 52.9 Å². The molecule has 2 unspecified atom stereocenters. The van der Waals surface area contributed by atoms with Crippen LogP contribution in [0.2, 0.25) is 0 Å². The van der Waals surface area contributed by atoms with E-state index >= 15 is 0 Å². The summed E-state index contributed by atoms with van der Waals surface area (Å²) in [4.78, 5) is 12.6. The predicted octanol–water partition coefficient (Wildman–Crippen LogP) is 6.13. The van der Waals surface area contributed by atoms with Gasteiger partial charge in [-0.15, -0.1) is 0 Å². The van der Waals surface area contributed by atoms with E-state index in [4.69, 9.17) is 24.7 Å². The second-order valence-electron chi connectivity index (χ2n) is 9.25. The molecule has 7 nitrogen and oxygen atoms in total. The summed E-state index contributed by atoms with van der Waals surface area (Å²) in [6.45, 7) is 1.75. The molecular formula is C32H24F2N2O5. The molecule has 0 aromatic heterocycles. The number of rotatable bonds is 8. The standard InChI is InChI=1S/C32H24F2N2O5/c1-19(39-24-11-9-23(34)10-12-24)32(37)40-26-13-14-27-29(16-26)41-31(36)28(17-35)30(27)21-3-2-4-25(15-21)38-18-20-5-7-22(33)8-6-20/h2-16,19,30H,18,36H2,1H3. The number of allylic oxidation sites excluding steroid dienone is 1. The molecule has 4 aromatic carbocycles. The SMILES string of the molecule is CC(Oc1ccc(F)cc1)C(=O)Oc1ccc2c(c1)OC(N)=C(C#N)C2c1cccc(OCc2ccc(F)cc2)c1. The van der Waals surface area contributed by atoms with Gasteiger partial charge in [0.05, 0.1) is 5.92 Å². The van der Waals surface area contributed by atoms with Crippen LogP contribution in [0.3, 0.4) is 0 Å². The van der Waals surface area contributed by atoms with Gasteiger partial charge in [-0.1, -0.05) is 30.3 Å². The fraction of sp³-hybridized carbons (Fsp3) is 0.125. The normalized spacial score (nSPS) is 14.7. The van der Waals surface area contributed by atoms with Crippen LogP contribution in [0.15, 0.2) is 102 Å². The molecule has 206 valence electrons. The summed E-state index contributed by atoms with van der Waals surface area (Å²) in [5.74, 6) is -0.676. The molecule has 1 aliphatic rings. The van der Waals surface area contributed by atoms with Crippen LogP contribution in [0.5, 0.6) is 23.0 Å². The van der Waals surface area contributed by atoms with Crippen molar-refractivity contribution >= 4 is 5.97 Å². The number of fused-ring (bicyclic) bond motifs is 1. The first-order chi connectivity index (χ1) is 19.8. The number of carbonyl (C=O) groups is 1. The Morgan fingerprint density at radius 1 is 0.951 bits per heavy atom. The lowest BCUT2D eigenvalue weighted by Crippen LogP contribution is -2.28. The van der Waals surface area contributed by atoms with E-state index < -0.39 is 23.8 Å². The summed E-state index contributed by atoms with van der Waals surface area (Å²) in [7, 11) is 0. The van der Waals surface area contributed by atoms with E-state index in [0.29, 0.717) is 22.8 Å². The molecule has 0 radical (unpaired) electrons. The van der Waals surface area contributed by atoms with E-state index in [1.54, 1.807) is 42.5 Å². The van der Waals surface area contributed by atoms with Crippen molar-refractivity contribution < 1.29 is 32.5 Å². The Balaban J connectivity index is 1.35. The molecule has 0 saturated carbocycles. The molecule has 1 aliphatic heterocycles. The van der Waals surface area contributed by atoms with Crippen molar-refractivity contribution in [3.63, 3.8) is 0 Å². The number of halogens is 2. The average molecular weight is 555 g/mol. The van der Waals surface area contributed by atoms with Gasteiger partial charge in [-0.2, -0.15) is 5.26 Å². The average Bonchev–Trinajstić information content (AvgIpc) is 2.97. The van der Waals surface area contributed by atoms with Crippen LogP contribution in [-0.2, 0) is 11.4 Å². The fourth-order valence-corrected chi connectivity index (χ4v) is 4.34. The molecule has 5 rings (SSSR count). The highest BCUT2D eigenvalue weighted by molar-refractivity contribution is 5.77. The van der Waals surface area contributed by atoms with Crippen molar-refractivity contribution in [3.8, 4) is 29.1 Å². The lowest BCUT2D eigenvalue weighted by molar-refractivity contribution is -0.141. The molecule has 41 heavy (non-hydrogen) atoms. The lowest BCUT2D eigenvalue weighted by atomic mass is 9.83. The Morgan fingerprint density at radius 3 is 2.34 bits per heavy atom. The third-order valence-electron chi connectivity index (χ3n) is 6.38. The van der Waals surface area contributed by atoms with Crippen LogP contribution < -0.4 is 24.7 Å². The first-order valence-corrected chi connectivity index (χ1v) is 12.6. The maximum atomic E-state index is 13.2. The van der Waals surface area contributed by atoms with Crippen molar-refractivity contribution in [1.82, 2.24) is 0 Å². The Hall–Kier alpha value is -5.36. The van der Waals surface area contributed by atoms with Crippen molar-refractivity contribution in [2.75, 3.05) is 0 Å². The van der Waals surface area contributed by atoms with Crippen molar-refractivity contribution in [3.05, 3.63) is 131 Å². The van der Waals surface area contributed by atoms with Gasteiger partial charge in [0.25, 0.3) is 0 Å². The van der Waals surface area contributed by atoms with Gasteiger partial charge >= 0.3 is 5.97 Å². The number of benzene rings is 4. The van der Waals surface area contributed by atoms with Gasteiger partial charge in [-0.3, -0.25) is 0 Å². The molecule has 0 aliphatic carbocycles. The predicted molar refractivity (Wildman–Crippen MR) is 145 cm³/mol. The Morgan fingerprint density at radius 2 is 1.63 bits per heavy atom. The number of esters is 1. The van der Waals surface area contributed by atoms with E-state index in [1.165, 1.54) is 49.4 Å². The molecule has 0 bridgehead atoms. The second-order valence-corrected chi connectivity index (χ2v) is 9.25. The fourth-order valence-electron chi connectivity index (χ4n) is 4.34. The Bertz CT molecular complexity index is 1650. The van der Waals surface area contributed by atoms with Crippen molar-refractivity contribution in [1.29, 1.82) is 5.26 Å². The van der Waals surface area contributed by atoms with Gasteiger partial charge in [0.2, 0.25) is 5.88 Å². The molecule has 1 heterocycles. The third kappa shape index (κ3) is 6.28. The van der Waals surface area contributed by atoms with Crippen LogP contribution in [0.25, 0.3) is 0 Å². The quantitative estimate of drug-likeness (QED) is 0.206. The highest BCUT2D eigenvalue weighted by atomic mass is 19.1. The highest BCUT2D eigenvalue weighted by Gasteiger charge is 2.31. The molecule has 2 atom stereocenters. The summed E-state index contributed by atoms with van der Waals surface area (Å²) in [6.07, 6.45) is -0.974. The smallest absolute Gasteiger partial charge is 0.352 e. The van der Waals surface area contributed by atoms with E-state index in [9.17, 15) is 18.8 Å². The van der Waals surface area contributed by atoms with Crippen LogP contribution in [0.1, 0.15) is 29.5 Å². The molecule has 2 N–H and O–H groups in total. The largest absolute Gasteiger partial charge is 0.489 e. The van der Waals surface area contributed by atoms with E-state index in [0.717, 1.165) is 11.1 Å². The third-order valence-corrected chi connectivity index (χ3v) is 6.38. The van der Waals surface area contributed by atoms with Crippen LogP contribution in [-0.4, -0.2) is 12.1 Å². The van der Waals surface area contributed by atoms with Crippen LogP contribution in [0.4, 0.5) is 8.78 Å². The summed E-state index contributed by atoms with van der Waals surface area (Å²) < 4.78 is 49.0. The minimum Gasteiger partial charge on any atom is -0.489 e. The minimum absolute atomic E-state index is 0.0703. The Labute approximate surface area is 235 Å². The van der Waals surface area contributed by atoms with Crippen LogP contribution >= 0.6 is 0 Å². The molecule has 9 heteroatoms. The second kappa shape index (κ2) is 11.8. The summed E-state index contributed by atoms with van der Waals surface area (Å²) in [5, 5.41) is 9.90. The zero-order valence-corrected chi connectivity index (χ0v) is 21.8. The summed E-state index contributed by atoms with van der Waals surface area (Å²) >= 11 is 0. The summed E-state index contributed by atoms with van der Waals surface area (Å²) in [6, 6.07) is 25.5. The zero-order chi connectivity index (χ0) is 28.9. The molecule has 0 spiro atoms. The number of hydrogen-bond acceptors (Lipinski definition) is 7. The van der Waals surface area contributed by atoms with E-state index in [1.807, 2.05) is 6.07 Å². The van der Waals surface area contributed by atoms with Crippen molar-refractivity contribution in [2.24, 2.45) is 5.73 Å². The minimum atomic E-state index is -0.974. The van der Waals surface area contributed by atoms with Gasteiger partial charge in [-0.05, 0) is 72.6 Å². The first kappa shape index (κ1) is 27.2. The molecule has 4 aromatic rings. The van der Waals surface area contributed by atoms with Gasteiger partial charge in [0, 0.05) is 11.6 Å². The maximum absolute atomic E-state index is 13.2. The number of hydrogen-bond donors (Lipinski definition) is 1. The topological polar surface area (TPSA) is 104 Å². The molecule has 0 amide bonds. The van der Waals surface area contributed by atoms with E-state index in [-0.39, 0.29) is 29.6 Å². The molecular weight excluding hydrogens is 530 g/mol.